The van der Waals surface area contributed by atoms with Crippen LogP contribution in [0.25, 0.3) is 0 Å². The van der Waals surface area contributed by atoms with Crippen LogP contribution in [0, 0.1) is 5.95 Å². The highest BCUT2D eigenvalue weighted by molar-refractivity contribution is 9.10. The summed E-state index contributed by atoms with van der Waals surface area (Å²) in [7, 11) is 0. The Morgan fingerprint density at radius 3 is 2.64 bits per heavy atom. The van der Waals surface area contributed by atoms with Crippen LogP contribution < -0.4 is 4.74 Å². The lowest BCUT2D eigenvalue weighted by Gasteiger charge is -2.09. The molecule has 1 rings (SSSR count). The summed E-state index contributed by atoms with van der Waals surface area (Å²) in [5, 5.41) is 0. The summed E-state index contributed by atoms with van der Waals surface area (Å²) in [6.45, 7) is -1.54. The minimum Gasteiger partial charge on any atom is -0.479 e. The molecule has 0 amide bonds. The fourth-order valence-corrected chi connectivity index (χ4v) is 0.975. The first kappa shape index (κ1) is 11.2. The average Bonchev–Trinajstić information content (AvgIpc) is 2.05. The van der Waals surface area contributed by atoms with E-state index in [1.807, 2.05) is 0 Å². The Morgan fingerprint density at radius 2 is 2.07 bits per heavy atom. The predicted molar refractivity (Wildman–Crippen MR) is 43.4 cm³/mol. The van der Waals surface area contributed by atoms with Crippen LogP contribution in [0.1, 0.15) is 0 Å². The zero-order valence-electron chi connectivity index (χ0n) is 6.61. The third-order valence-electron chi connectivity index (χ3n) is 1.16. The molecule has 7 heteroatoms. The fourth-order valence-electron chi connectivity index (χ4n) is 0.665. The van der Waals surface area contributed by atoms with Crippen LogP contribution in [0.3, 0.4) is 0 Å². The first-order valence-electron chi connectivity index (χ1n) is 3.39. The van der Waals surface area contributed by atoms with E-state index >= 15 is 0 Å². The smallest absolute Gasteiger partial charge is 0.422 e. The number of aromatic nitrogens is 1. The Balaban J connectivity index is 2.72. The second-order valence-electron chi connectivity index (χ2n) is 2.35. The van der Waals surface area contributed by atoms with E-state index < -0.39 is 24.5 Å². The van der Waals surface area contributed by atoms with Gasteiger partial charge in [0, 0.05) is 16.7 Å². The summed E-state index contributed by atoms with van der Waals surface area (Å²) in [5.41, 5.74) is 0. The molecular formula is C7H4BrF4NO. The van der Waals surface area contributed by atoms with E-state index in [-0.39, 0.29) is 0 Å². The van der Waals surface area contributed by atoms with E-state index in [9.17, 15) is 17.6 Å². The Hall–Kier alpha value is -0.850. The standard InChI is InChI=1S/C7H4BrF4NO/c8-4-1-5(6(9)13-2-4)14-3-7(10,11)12/h1-2H,3H2. The van der Waals surface area contributed by atoms with Crippen LogP contribution in [0.4, 0.5) is 17.6 Å². The van der Waals surface area contributed by atoms with Crippen LogP contribution in [-0.2, 0) is 0 Å². The van der Waals surface area contributed by atoms with Gasteiger partial charge in [0.1, 0.15) is 0 Å². The molecule has 0 N–H and O–H groups in total. The van der Waals surface area contributed by atoms with Crippen molar-refractivity contribution in [2.75, 3.05) is 6.61 Å². The minimum absolute atomic E-state index is 0.344. The van der Waals surface area contributed by atoms with Crippen molar-refractivity contribution in [1.29, 1.82) is 0 Å². The van der Waals surface area contributed by atoms with E-state index in [2.05, 4.69) is 25.7 Å². The van der Waals surface area contributed by atoms with E-state index in [0.29, 0.717) is 4.47 Å². The summed E-state index contributed by atoms with van der Waals surface area (Å²) >= 11 is 2.93. The molecule has 0 saturated heterocycles. The fraction of sp³-hybridized carbons (Fsp3) is 0.286. The molecular weight excluding hydrogens is 270 g/mol. The van der Waals surface area contributed by atoms with Crippen molar-refractivity contribution in [3.8, 4) is 5.75 Å². The predicted octanol–water partition coefficient (Wildman–Crippen LogP) is 2.92. The monoisotopic (exact) mass is 273 g/mol. The Morgan fingerprint density at radius 1 is 1.43 bits per heavy atom. The normalized spacial score (nSPS) is 11.5. The lowest BCUT2D eigenvalue weighted by molar-refractivity contribution is -0.153. The Bertz CT molecular complexity index is 328. The zero-order chi connectivity index (χ0) is 10.8. The molecule has 0 radical (unpaired) electrons. The molecule has 1 aromatic rings. The summed E-state index contributed by atoms with van der Waals surface area (Å²) in [4.78, 5) is 3.17. The Kier molecular flexibility index (Phi) is 3.30. The first-order valence-corrected chi connectivity index (χ1v) is 4.18. The summed E-state index contributed by atoms with van der Waals surface area (Å²) in [5.74, 6) is -1.60. The van der Waals surface area contributed by atoms with Gasteiger partial charge in [-0.2, -0.15) is 17.6 Å². The summed E-state index contributed by atoms with van der Waals surface area (Å²) in [6, 6.07) is 1.08. The molecule has 0 saturated carbocycles. The van der Waals surface area contributed by atoms with Crippen molar-refractivity contribution in [1.82, 2.24) is 4.98 Å². The average molecular weight is 274 g/mol. The third-order valence-corrected chi connectivity index (χ3v) is 1.60. The van der Waals surface area contributed by atoms with Gasteiger partial charge in [0.15, 0.2) is 12.4 Å². The molecule has 1 aromatic heterocycles. The van der Waals surface area contributed by atoms with Crippen molar-refractivity contribution in [2.45, 2.75) is 6.18 Å². The lowest BCUT2D eigenvalue weighted by atomic mass is 10.4. The van der Waals surface area contributed by atoms with E-state index in [1.54, 1.807) is 0 Å². The zero-order valence-corrected chi connectivity index (χ0v) is 8.19. The molecule has 0 spiro atoms. The third kappa shape index (κ3) is 3.49. The SMILES string of the molecule is Fc1ncc(Br)cc1OCC(F)(F)F. The molecule has 1 heterocycles. The highest BCUT2D eigenvalue weighted by Gasteiger charge is 2.29. The quantitative estimate of drug-likeness (QED) is 0.611. The first-order chi connectivity index (χ1) is 6.38. The van der Waals surface area contributed by atoms with E-state index in [1.165, 1.54) is 0 Å². The van der Waals surface area contributed by atoms with Crippen molar-refractivity contribution >= 4 is 15.9 Å². The van der Waals surface area contributed by atoms with Crippen LogP contribution in [0.2, 0.25) is 0 Å². The number of halogens is 5. The van der Waals surface area contributed by atoms with Gasteiger partial charge in [-0.1, -0.05) is 0 Å². The van der Waals surface area contributed by atoms with Gasteiger partial charge < -0.3 is 4.74 Å². The Labute approximate surface area is 85.0 Å². The number of nitrogens with zero attached hydrogens (tertiary/aromatic N) is 1. The largest absolute Gasteiger partial charge is 0.479 e. The molecule has 0 bridgehead atoms. The summed E-state index contributed by atoms with van der Waals surface area (Å²) in [6.07, 6.45) is -3.37. The van der Waals surface area contributed by atoms with Gasteiger partial charge in [0.05, 0.1) is 0 Å². The second-order valence-corrected chi connectivity index (χ2v) is 3.26. The molecule has 2 nitrogen and oxygen atoms in total. The molecule has 78 valence electrons. The highest BCUT2D eigenvalue weighted by Crippen LogP contribution is 2.22. The van der Waals surface area contributed by atoms with Crippen LogP contribution in [-0.4, -0.2) is 17.8 Å². The van der Waals surface area contributed by atoms with Crippen molar-refractivity contribution in [3.05, 3.63) is 22.7 Å². The molecule has 0 aromatic carbocycles. The van der Waals surface area contributed by atoms with Gasteiger partial charge in [0.2, 0.25) is 0 Å². The highest BCUT2D eigenvalue weighted by atomic mass is 79.9. The number of rotatable bonds is 2. The number of alkyl halides is 3. The molecule has 0 atom stereocenters. The van der Waals surface area contributed by atoms with Crippen LogP contribution in [0.5, 0.6) is 5.75 Å². The van der Waals surface area contributed by atoms with Gasteiger partial charge in [-0.15, -0.1) is 0 Å². The van der Waals surface area contributed by atoms with Gasteiger partial charge in [-0.3, -0.25) is 0 Å². The topological polar surface area (TPSA) is 22.1 Å². The molecule has 0 aliphatic heterocycles. The van der Waals surface area contributed by atoms with Gasteiger partial charge >= 0.3 is 6.18 Å². The van der Waals surface area contributed by atoms with Gasteiger partial charge in [-0.05, 0) is 15.9 Å². The van der Waals surface area contributed by atoms with E-state index in [0.717, 1.165) is 12.3 Å². The van der Waals surface area contributed by atoms with Crippen LogP contribution in [0.15, 0.2) is 16.7 Å². The number of hydrogen-bond donors (Lipinski definition) is 0. The minimum atomic E-state index is -4.49. The number of pyridine rings is 1. The maximum atomic E-state index is 12.7. The maximum Gasteiger partial charge on any atom is 0.422 e. The van der Waals surface area contributed by atoms with Crippen LogP contribution >= 0.6 is 15.9 Å². The maximum absolute atomic E-state index is 12.7. The van der Waals surface area contributed by atoms with Crippen molar-refractivity contribution < 1.29 is 22.3 Å². The molecule has 0 aliphatic carbocycles. The summed E-state index contributed by atoms with van der Waals surface area (Å²) < 4.78 is 52.3. The second kappa shape index (κ2) is 4.12. The van der Waals surface area contributed by atoms with Crippen molar-refractivity contribution in [3.63, 3.8) is 0 Å². The number of ether oxygens (including phenoxy) is 1. The molecule has 0 fully saturated rings. The molecule has 0 aliphatic rings. The number of hydrogen-bond acceptors (Lipinski definition) is 2. The van der Waals surface area contributed by atoms with Gasteiger partial charge in [-0.25, -0.2) is 4.98 Å². The van der Waals surface area contributed by atoms with Crippen molar-refractivity contribution in [2.24, 2.45) is 0 Å². The molecule has 14 heavy (non-hydrogen) atoms. The van der Waals surface area contributed by atoms with E-state index in [4.69, 9.17) is 0 Å². The van der Waals surface area contributed by atoms with Gasteiger partial charge in [0.25, 0.3) is 5.95 Å². The lowest BCUT2D eigenvalue weighted by Crippen LogP contribution is -2.19. The molecule has 0 unspecified atom stereocenters.